The zero-order valence-corrected chi connectivity index (χ0v) is 13.1. The van der Waals surface area contributed by atoms with E-state index in [1.807, 2.05) is 16.8 Å². The quantitative estimate of drug-likeness (QED) is 0.731. The molecular formula is C15H19N5S. The van der Waals surface area contributed by atoms with E-state index in [9.17, 15) is 0 Å². The van der Waals surface area contributed by atoms with Crippen molar-refractivity contribution in [3.63, 3.8) is 0 Å². The minimum Gasteiger partial charge on any atom is -0.369 e. The van der Waals surface area contributed by atoms with Crippen molar-refractivity contribution in [2.24, 2.45) is 0 Å². The summed E-state index contributed by atoms with van der Waals surface area (Å²) in [4.78, 5) is 9.01. The lowest BCUT2D eigenvalue weighted by Crippen LogP contribution is -2.08. The van der Waals surface area contributed by atoms with Gasteiger partial charge >= 0.3 is 0 Å². The lowest BCUT2D eigenvalue weighted by atomic mass is 10.2. The number of hydrogen-bond donors (Lipinski definition) is 2. The molecule has 0 aromatic carbocycles. The molecule has 0 fully saturated rings. The van der Waals surface area contributed by atoms with E-state index in [-0.39, 0.29) is 0 Å². The van der Waals surface area contributed by atoms with Crippen LogP contribution >= 0.6 is 11.3 Å². The Morgan fingerprint density at radius 1 is 1.29 bits per heavy atom. The molecule has 0 aliphatic rings. The van der Waals surface area contributed by atoms with Gasteiger partial charge in [-0.05, 0) is 35.2 Å². The van der Waals surface area contributed by atoms with Crippen LogP contribution in [0.2, 0.25) is 0 Å². The highest BCUT2D eigenvalue weighted by atomic mass is 32.1. The van der Waals surface area contributed by atoms with E-state index in [4.69, 9.17) is 0 Å². The molecule has 0 bridgehead atoms. The average molecular weight is 301 g/mol. The molecule has 0 atom stereocenters. The fourth-order valence-electron chi connectivity index (χ4n) is 2.14. The third kappa shape index (κ3) is 3.00. The van der Waals surface area contributed by atoms with Crippen LogP contribution in [0.15, 0.2) is 29.4 Å². The second-order valence-electron chi connectivity index (χ2n) is 4.99. The van der Waals surface area contributed by atoms with Gasteiger partial charge in [0, 0.05) is 25.5 Å². The Balaban J connectivity index is 1.85. The molecule has 3 rings (SSSR count). The first-order valence-corrected chi connectivity index (χ1v) is 8.05. The summed E-state index contributed by atoms with van der Waals surface area (Å²) < 4.78 is 1.99. The normalized spacial score (nSPS) is 11.0. The van der Waals surface area contributed by atoms with Crippen LogP contribution in [0.25, 0.3) is 5.65 Å². The third-order valence-corrected chi connectivity index (χ3v) is 4.25. The van der Waals surface area contributed by atoms with Crippen molar-refractivity contribution in [3.8, 4) is 0 Å². The van der Waals surface area contributed by atoms with Crippen LogP contribution in [-0.2, 0) is 6.54 Å². The number of imidazole rings is 1. The van der Waals surface area contributed by atoms with E-state index in [0.29, 0.717) is 0 Å². The minimum atomic E-state index is 0.766. The van der Waals surface area contributed by atoms with Crippen molar-refractivity contribution < 1.29 is 0 Å². The molecule has 110 valence electrons. The number of aromatic nitrogens is 3. The maximum absolute atomic E-state index is 4.64. The van der Waals surface area contributed by atoms with Gasteiger partial charge in [-0.1, -0.05) is 6.92 Å². The van der Waals surface area contributed by atoms with Crippen LogP contribution in [-0.4, -0.2) is 20.9 Å². The van der Waals surface area contributed by atoms with E-state index >= 15 is 0 Å². The number of fused-ring (bicyclic) bond motifs is 1. The highest BCUT2D eigenvalue weighted by Gasteiger charge is 2.08. The van der Waals surface area contributed by atoms with E-state index in [1.54, 1.807) is 17.5 Å². The zero-order valence-electron chi connectivity index (χ0n) is 12.3. The molecule has 0 saturated carbocycles. The van der Waals surface area contributed by atoms with Gasteiger partial charge in [-0.25, -0.2) is 9.97 Å². The van der Waals surface area contributed by atoms with E-state index < -0.39 is 0 Å². The molecule has 3 aromatic rings. The topological polar surface area (TPSA) is 54.2 Å². The Labute approximate surface area is 128 Å². The predicted octanol–water partition coefficient (Wildman–Crippen LogP) is 3.53. The monoisotopic (exact) mass is 301 g/mol. The lowest BCUT2D eigenvalue weighted by molar-refractivity contribution is 0.959. The number of aryl methyl sites for hydroxylation is 1. The molecule has 6 heteroatoms. The predicted molar refractivity (Wildman–Crippen MR) is 88.2 cm³/mol. The fourth-order valence-corrected chi connectivity index (χ4v) is 2.99. The van der Waals surface area contributed by atoms with Crippen molar-refractivity contribution in [2.75, 3.05) is 17.2 Å². The van der Waals surface area contributed by atoms with Crippen LogP contribution in [0, 0.1) is 6.92 Å². The smallest absolute Gasteiger partial charge is 0.180 e. The molecule has 0 aliphatic carbocycles. The fraction of sp³-hybridized carbons (Fsp3) is 0.333. The first-order chi connectivity index (χ1) is 10.3. The summed E-state index contributed by atoms with van der Waals surface area (Å²) in [5, 5.41) is 11.1. The largest absolute Gasteiger partial charge is 0.369 e. The summed E-state index contributed by atoms with van der Waals surface area (Å²) >= 11 is 1.73. The molecule has 0 amide bonds. The minimum absolute atomic E-state index is 0.766. The van der Waals surface area contributed by atoms with Crippen molar-refractivity contribution in [1.82, 2.24) is 14.4 Å². The summed E-state index contributed by atoms with van der Waals surface area (Å²) in [6, 6.07) is 0. The molecule has 0 aliphatic heterocycles. The van der Waals surface area contributed by atoms with Gasteiger partial charge in [-0.2, -0.15) is 11.3 Å². The maximum Gasteiger partial charge on any atom is 0.180 e. The van der Waals surface area contributed by atoms with Crippen molar-refractivity contribution in [3.05, 3.63) is 40.5 Å². The second-order valence-corrected chi connectivity index (χ2v) is 5.74. The Bertz CT molecular complexity index is 731. The second kappa shape index (κ2) is 6.13. The van der Waals surface area contributed by atoms with Gasteiger partial charge in [0.2, 0.25) is 0 Å². The van der Waals surface area contributed by atoms with Crippen LogP contribution in [0.3, 0.4) is 0 Å². The third-order valence-electron chi connectivity index (χ3n) is 3.34. The molecular weight excluding hydrogens is 282 g/mol. The first kappa shape index (κ1) is 13.9. The Morgan fingerprint density at radius 2 is 2.19 bits per heavy atom. The number of anilines is 2. The Kier molecular flexibility index (Phi) is 4.06. The molecule has 0 saturated heterocycles. The highest BCUT2D eigenvalue weighted by Crippen LogP contribution is 2.19. The van der Waals surface area contributed by atoms with Crippen molar-refractivity contribution >= 4 is 28.6 Å². The van der Waals surface area contributed by atoms with E-state index in [1.165, 1.54) is 11.1 Å². The van der Waals surface area contributed by atoms with Crippen LogP contribution in [0.4, 0.5) is 11.6 Å². The number of thiophene rings is 1. The summed E-state index contributed by atoms with van der Waals surface area (Å²) in [6.07, 6.45) is 6.77. The Morgan fingerprint density at radius 3 is 2.95 bits per heavy atom. The number of nitrogens with zero attached hydrogens (tertiary/aromatic N) is 3. The van der Waals surface area contributed by atoms with Gasteiger partial charge in [0.15, 0.2) is 11.5 Å². The van der Waals surface area contributed by atoms with Gasteiger partial charge in [0.1, 0.15) is 5.82 Å². The van der Waals surface area contributed by atoms with Gasteiger partial charge in [-0.15, -0.1) is 0 Å². The average Bonchev–Trinajstić information content (AvgIpc) is 3.11. The maximum atomic E-state index is 4.64. The SMILES string of the molecule is CCCNc1cn2ccnc2c(NCc2cscc2C)n1. The highest BCUT2D eigenvalue weighted by molar-refractivity contribution is 7.08. The zero-order chi connectivity index (χ0) is 14.7. The van der Waals surface area contributed by atoms with Crippen LogP contribution in [0.1, 0.15) is 24.5 Å². The number of rotatable bonds is 6. The molecule has 0 spiro atoms. The van der Waals surface area contributed by atoms with Gasteiger partial charge in [0.05, 0.1) is 6.20 Å². The van der Waals surface area contributed by atoms with Crippen LogP contribution < -0.4 is 10.6 Å². The molecule has 21 heavy (non-hydrogen) atoms. The van der Waals surface area contributed by atoms with E-state index in [2.05, 4.69) is 45.2 Å². The molecule has 0 radical (unpaired) electrons. The first-order valence-electron chi connectivity index (χ1n) is 7.11. The van der Waals surface area contributed by atoms with Gasteiger partial charge in [0.25, 0.3) is 0 Å². The van der Waals surface area contributed by atoms with Crippen molar-refractivity contribution in [1.29, 1.82) is 0 Å². The molecule has 3 aromatic heterocycles. The molecule has 0 unspecified atom stereocenters. The molecule has 3 heterocycles. The van der Waals surface area contributed by atoms with Gasteiger partial charge in [-0.3, -0.25) is 0 Å². The summed E-state index contributed by atoms with van der Waals surface area (Å²) in [7, 11) is 0. The Hall–Kier alpha value is -2.08. The lowest BCUT2D eigenvalue weighted by Gasteiger charge is -2.10. The summed E-state index contributed by atoms with van der Waals surface area (Å²) in [5.74, 6) is 1.68. The standard InChI is InChI=1S/C15H19N5S/c1-3-4-16-13-8-20-6-5-17-15(20)14(19-13)18-7-12-10-21-9-11(12)2/h5-6,8-10,16H,3-4,7H2,1-2H3,(H,18,19). The summed E-state index contributed by atoms with van der Waals surface area (Å²) in [5.41, 5.74) is 3.47. The number of nitrogens with one attached hydrogen (secondary N) is 2. The molecule has 2 N–H and O–H groups in total. The van der Waals surface area contributed by atoms with Crippen LogP contribution in [0.5, 0.6) is 0 Å². The number of hydrogen-bond acceptors (Lipinski definition) is 5. The van der Waals surface area contributed by atoms with E-state index in [0.717, 1.165) is 36.8 Å². The van der Waals surface area contributed by atoms with Crippen molar-refractivity contribution in [2.45, 2.75) is 26.8 Å². The molecule has 5 nitrogen and oxygen atoms in total. The van der Waals surface area contributed by atoms with Gasteiger partial charge < -0.3 is 15.0 Å². The summed E-state index contributed by atoms with van der Waals surface area (Å²) in [6.45, 7) is 5.95.